The van der Waals surface area contributed by atoms with Crippen molar-refractivity contribution in [1.29, 1.82) is 0 Å². The van der Waals surface area contributed by atoms with Crippen LogP contribution in [0.4, 0.5) is 0 Å². The molecule has 0 aromatic carbocycles. The average molecular weight is 216 g/mol. The normalized spacial score (nSPS) is 10.3. The van der Waals surface area contributed by atoms with Gasteiger partial charge in [0.2, 0.25) is 11.2 Å². The van der Waals surface area contributed by atoms with Crippen molar-refractivity contribution in [2.75, 3.05) is 0 Å². The highest BCUT2D eigenvalue weighted by atomic mass is 35.5. The molecule has 13 heavy (non-hydrogen) atoms. The second-order valence-electron chi connectivity index (χ2n) is 2.18. The number of halogens is 2. The van der Waals surface area contributed by atoms with Crippen molar-refractivity contribution < 1.29 is 4.42 Å². The van der Waals surface area contributed by atoms with Gasteiger partial charge in [0.25, 0.3) is 0 Å². The van der Waals surface area contributed by atoms with Gasteiger partial charge in [-0.3, -0.25) is 0 Å². The Labute approximate surface area is 83.5 Å². The van der Waals surface area contributed by atoms with Gasteiger partial charge in [-0.25, -0.2) is 15.0 Å². The quantitative estimate of drug-likeness (QED) is 0.542. The highest BCUT2D eigenvalue weighted by Crippen LogP contribution is 2.19. The third-order valence-electron chi connectivity index (χ3n) is 1.32. The molecule has 66 valence electrons. The van der Waals surface area contributed by atoms with E-state index in [1.807, 2.05) is 0 Å². The third-order valence-corrected chi connectivity index (χ3v) is 1.68. The topological polar surface area (TPSA) is 51.8 Å². The lowest BCUT2D eigenvalue weighted by Crippen LogP contribution is -1.87. The predicted octanol–water partition coefficient (Wildman–Crippen LogP) is 2.44. The van der Waals surface area contributed by atoms with Gasteiger partial charge >= 0.3 is 0 Å². The summed E-state index contributed by atoms with van der Waals surface area (Å²) in [5, 5.41) is 0.328. The molecule has 6 heteroatoms. The first-order valence-electron chi connectivity index (χ1n) is 3.35. The van der Waals surface area contributed by atoms with Crippen LogP contribution >= 0.6 is 23.2 Å². The molecule has 0 spiro atoms. The van der Waals surface area contributed by atoms with Crippen molar-refractivity contribution in [3.8, 4) is 11.6 Å². The van der Waals surface area contributed by atoms with E-state index in [2.05, 4.69) is 15.0 Å². The van der Waals surface area contributed by atoms with Gasteiger partial charge < -0.3 is 4.42 Å². The zero-order valence-corrected chi connectivity index (χ0v) is 7.75. The maximum absolute atomic E-state index is 5.66. The molecule has 4 nitrogen and oxygen atoms in total. The summed E-state index contributed by atoms with van der Waals surface area (Å²) in [6, 6.07) is 1.53. The van der Waals surface area contributed by atoms with Gasteiger partial charge in [-0.05, 0) is 11.6 Å². The number of nitrogens with zero attached hydrogens (tertiary/aromatic N) is 3. The maximum Gasteiger partial charge on any atom is 0.245 e. The van der Waals surface area contributed by atoms with E-state index in [1.165, 1.54) is 18.5 Å². The van der Waals surface area contributed by atoms with Crippen LogP contribution in [-0.2, 0) is 0 Å². The van der Waals surface area contributed by atoms with E-state index in [1.54, 1.807) is 0 Å². The Morgan fingerprint density at radius 2 is 2.08 bits per heavy atom. The Morgan fingerprint density at radius 1 is 1.23 bits per heavy atom. The van der Waals surface area contributed by atoms with Gasteiger partial charge in [-0.2, -0.15) is 0 Å². The molecule has 2 aromatic heterocycles. The highest BCUT2D eigenvalue weighted by molar-refractivity contribution is 6.32. The Balaban J connectivity index is 2.53. The summed E-state index contributed by atoms with van der Waals surface area (Å²) in [4.78, 5) is 11.5. The van der Waals surface area contributed by atoms with Crippen molar-refractivity contribution >= 4 is 23.2 Å². The van der Waals surface area contributed by atoms with Crippen molar-refractivity contribution in [3.63, 3.8) is 0 Å². The monoisotopic (exact) mass is 215 g/mol. The lowest BCUT2D eigenvalue weighted by Gasteiger charge is -1.95. The van der Waals surface area contributed by atoms with Crippen molar-refractivity contribution in [2.24, 2.45) is 0 Å². The summed E-state index contributed by atoms with van der Waals surface area (Å²) in [7, 11) is 0. The molecular formula is C7H3Cl2N3O. The van der Waals surface area contributed by atoms with E-state index in [9.17, 15) is 0 Å². The lowest BCUT2D eigenvalue weighted by molar-refractivity contribution is 0.572. The molecule has 0 aliphatic carbocycles. The van der Waals surface area contributed by atoms with Crippen LogP contribution in [0, 0.1) is 0 Å². The molecule has 0 saturated carbocycles. The van der Waals surface area contributed by atoms with Crippen LogP contribution in [0.2, 0.25) is 10.4 Å². The Morgan fingerprint density at radius 3 is 2.69 bits per heavy atom. The molecule has 0 unspecified atom stereocenters. The fourth-order valence-corrected chi connectivity index (χ4v) is 1.26. The van der Waals surface area contributed by atoms with Crippen LogP contribution in [0.15, 0.2) is 22.9 Å². The van der Waals surface area contributed by atoms with Crippen LogP contribution < -0.4 is 0 Å². The molecule has 0 aliphatic rings. The van der Waals surface area contributed by atoms with Crippen molar-refractivity contribution in [3.05, 3.63) is 29.0 Å². The van der Waals surface area contributed by atoms with Gasteiger partial charge in [0, 0.05) is 6.07 Å². The fourth-order valence-electron chi connectivity index (χ4n) is 0.849. The standard InChI is InChI=1S/C7H3Cl2N3O/c8-5-3-4(11-7(9)12-5)6-10-1-2-13-6/h1-3H. The largest absolute Gasteiger partial charge is 0.443 e. The van der Waals surface area contributed by atoms with Crippen molar-refractivity contribution in [1.82, 2.24) is 15.0 Å². The summed E-state index contributed by atoms with van der Waals surface area (Å²) in [6.45, 7) is 0. The molecule has 0 fully saturated rings. The third kappa shape index (κ3) is 1.79. The zero-order valence-electron chi connectivity index (χ0n) is 6.24. The van der Waals surface area contributed by atoms with Crippen molar-refractivity contribution in [2.45, 2.75) is 0 Å². The number of hydrogen-bond acceptors (Lipinski definition) is 4. The molecule has 2 rings (SSSR count). The van der Waals surface area contributed by atoms with E-state index in [0.29, 0.717) is 11.6 Å². The van der Waals surface area contributed by atoms with Crippen LogP contribution in [0.5, 0.6) is 0 Å². The van der Waals surface area contributed by atoms with Crippen LogP contribution in [-0.4, -0.2) is 15.0 Å². The molecule has 0 saturated heterocycles. The molecule has 2 aromatic rings. The van der Waals surface area contributed by atoms with Gasteiger partial charge in [0.1, 0.15) is 17.1 Å². The summed E-state index contributed by atoms with van der Waals surface area (Å²) in [5.74, 6) is 0.367. The molecule has 2 heterocycles. The first-order valence-corrected chi connectivity index (χ1v) is 4.11. The van der Waals surface area contributed by atoms with E-state index < -0.39 is 0 Å². The molecule has 0 bridgehead atoms. The lowest BCUT2D eigenvalue weighted by atomic mass is 10.4. The highest BCUT2D eigenvalue weighted by Gasteiger charge is 2.07. The number of aromatic nitrogens is 3. The zero-order chi connectivity index (χ0) is 9.26. The fraction of sp³-hybridized carbons (Fsp3) is 0. The summed E-state index contributed by atoms with van der Waals surface area (Å²) >= 11 is 11.3. The Bertz CT molecular complexity index is 395. The first-order chi connectivity index (χ1) is 6.25. The van der Waals surface area contributed by atoms with E-state index in [-0.39, 0.29) is 10.4 Å². The molecule has 0 atom stereocenters. The second-order valence-corrected chi connectivity index (χ2v) is 2.91. The smallest absolute Gasteiger partial charge is 0.245 e. The average Bonchev–Trinajstić information content (AvgIpc) is 2.53. The van der Waals surface area contributed by atoms with Crippen LogP contribution in [0.3, 0.4) is 0 Å². The minimum atomic E-state index is 0.0701. The van der Waals surface area contributed by atoms with Gasteiger partial charge in [0.15, 0.2) is 0 Å². The summed E-state index contributed by atoms with van der Waals surface area (Å²) in [5.41, 5.74) is 0.468. The molecular weight excluding hydrogens is 213 g/mol. The van der Waals surface area contributed by atoms with E-state index in [4.69, 9.17) is 27.6 Å². The first kappa shape index (κ1) is 8.47. The minimum Gasteiger partial charge on any atom is -0.443 e. The molecule has 0 N–H and O–H groups in total. The number of oxazole rings is 1. The molecule has 0 aliphatic heterocycles. The minimum absolute atomic E-state index is 0.0701. The van der Waals surface area contributed by atoms with E-state index >= 15 is 0 Å². The molecule has 0 radical (unpaired) electrons. The van der Waals surface area contributed by atoms with E-state index in [0.717, 1.165) is 0 Å². The molecule has 0 amide bonds. The Kier molecular flexibility index (Phi) is 2.16. The Hall–Kier alpha value is -1.13. The van der Waals surface area contributed by atoms with Crippen LogP contribution in [0.1, 0.15) is 0 Å². The predicted molar refractivity (Wildman–Crippen MR) is 47.5 cm³/mol. The number of rotatable bonds is 1. The van der Waals surface area contributed by atoms with Gasteiger partial charge in [-0.15, -0.1) is 0 Å². The van der Waals surface area contributed by atoms with Crippen LogP contribution in [0.25, 0.3) is 11.6 Å². The van der Waals surface area contributed by atoms with Gasteiger partial charge in [0.05, 0.1) is 6.20 Å². The van der Waals surface area contributed by atoms with Gasteiger partial charge in [-0.1, -0.05) is 11.6 Å². The number of hydrogen-bond donors (Lipinski definition) is 0. The summed E-state index contributed by atoms with van der Waals surface area (Å²) < 4.78 is 5.01. The summed E-state index contributed by atoms with van der Waals surface area (Å²) in [6.07, 6.45) is 2.96. The maximum atomic E-state index is 5.66. The SMILES string of the molecule is Clc1cc(-c2ncco2)nc(Cl)n1. The second kappa shape index (κ2) is 3.32.